The summed E-state index contributed by atoms with van der Waals surface area (Å²) in [6.07, 6.45) is -0.0536. The minimum Gasteiger partial charge on any atom is -0.497 e. The number of benzene rings is 1. The highest BCUT2D eigenvalue weighted by Gasteiger charge is 2.25. The molecule has 17 heavy (non-hydrogen) atoms. The Balaban J connectivity index is 2.10. The Morgan fingerprint density at radius 2 is 2.12 bits per heavy atom. The average Bonchev–Trinajstić information content (AvgIpc) is 2.42. The third-order valence-corrected chi connectivity index (χ3v) is 2.87. The van der Waals surface area contributed by atoms with Crippen LogP contribution in [0.25, 0.3) is 0 Å². The van der Waals surface area contributed by atoms with E-state index in [4.69, 9.17) is 20.1 Å². The Morgan fingerprint density at radius 3 is 2.65 bits per heavy atom. The van der Waals surface area contributed by atoms with Crippen LogP contribution in [0.5, 0.6) is 5.75 Å². The quantitative estimate of drug-likeness (QED) is 0.594. The van der Waals surface area contributed by atoms with Gasteiger partial charge in [-0.2, -0.15) is 0 Å². The van der Waals surface area contributed by atoms with Gasteiger partial charge < -0.3 is 14.2 Å². The van der Waals surface area contributed by atoms with Gasteiger partial charge in [-0.25, -0.2) is 0 Å². The standard InChI is InChI=1S/C12H18N2O3/c1-15-10-4-2-9(3-5-10)12(14-13)11-8-16-6-7-17-11/h2-5,11-12,14H,6-8,13H2,1H3. The molecule has 0 spiro atoms. The van der Waals surface area contributed by atoms with Gasteiger partial charge >= 0.3 is 0 Å². The maximum Gasteiger partial charge on any atom is 0.118 e. The largest absolute Gasteiger partial charge is 0.497 e. The minimum absolute atomic E-state index is 0.0536. The van der Waals surface area contributed by atoms with Crippen molar-refractivity contribution in [3.63, 3.8) is 0 Å². The molecule has 1 aromatic rings. The maximum absolute atomic E-state index is 5.64. The molecule has 0 bridgehead atoms. The number of methoxy groups -OCH3 is 1. The maximum atomic E-state index is 5.64. The van der Waals surface area contributed by atoms with Crippen molar-refractivity contribution in [2.24, 2.45) is 5.84 Å². The van der Waals surface area contributed by atoms with Crippen molar-refractivity contribution in [3.8, 4) is 5.75 Å². The Morgan fingerprint density at radius 1 is 1.35 bits per heavy atom. The lowest BCUT2D eigenvalue weighted by atomic mass is 10.0. The summed E-state index contributed by atoms with van der Waals surface area (Å²) in [4.78, 5) is 0. The molecular formula is C12H18N2O3. The Kier molecular flexibility index (Phi) is 4.33. The highest BCUT2D eigenvalue weighted by molar-refractivity contribution is 5.29. The van der Waals surface area contributed by atoms with Gasteiger partial charge in [-0.15, -0.1) is 0 Å². The van der Waals surface area contributed by atoms with E-state index in [-0.39, 0.29) is 12.1 Å². The smallest absolute Gasteiger partial charge is 0.118 e. The number of hydrazine groups is 1. The van der Waals surface area contributed by atoms with Crippen molar-refractivity contribution in [1.82, 2.24) is 5.43 Å². The summed E-state index contributed by atoms with van der Waals surface area (Å²) in [5.74, 6) is 6.41. The summed E-state index contributed by atoms with van der Waals surface area (Å²) in [5.41, 5.74) is 3.84. The van der Waals surface area contributed by atoms with Gasteiger partial charge in [0, 0.05) is 0 Å². The lowest BCUT2D eigenvalue weighted by molar-refractivity contribution is -0.102. The summed E-state index contributed by atoms with van der Waals surface area (Å²) in [6.45, 7) is 1.82. The van der Waals surface area contributed by atoms with E-state index in [0.29, 0.717) is 19.8 Å². The molecule has 5 heteroatoms. The van der Waals surface area contributed by atoms with Crippen LogP contribution in [-0.4, -0.2) is 33.0 Å². The van der Waals surface area contributed by atoms with E-state index in [0.717, 1.165) is 11.3 Å². The lowest BCUT2D eigenvalue weighted by Gasteiger charge is -2.30. The zero-order valence-electron chi connectivity index (χ0n) is 9.89. The fraction of sp³-hybridized carbons (Fsp3) is 0.500. The van der Waals surface area contributed by atoms with Crippen LogP contribution in [0.4, 0.5) is 0 Å². The number of hydrogen-bond acceptors (Lipinski definition) is 5. The molecule has 5 nitrogen and oxygen atoms in total. The predicted octanol–water partition coefficient (Wildman–Crippen LogP) is 0.615. The van der Waals surface area contributed by atoms with Gasteiger partial charge in [-0.1, -0.05) is 12.1 Å². The fourth-order valence-electron chi connectivity index (χ4n) is 1.93. The van der Waals surface area contributed by atoms with Gasteiger partial charge in [0.2, 0.25) is 0 Å². The van der Waals surface area contributed by atoms with E-state index >= 15 is 0 Å². The van der Waals surface area contributed by atoms with E-state index in [9.17, 15) is 0 Å². The molecule has 0 radical (unpaired) electrons. The summed E-state index contributed by atoms with van der Waals surface area (Å²) in [6, 6.07) is 7.69. The number of rotatable bonds is 4. The molecule has 94 valence electrons. The van der Waals surface area contributed by atoms with Crippen molar-refractivity contribution in [2.75, 3.05) is 26.9 Å². The van der Waals surface area contributed by atoms with Gasteiger partial charge in [0.1, 0.15) is 11.9 Å². The summed E-state index contributed by atoms with van der Waals surface area (Å²) in [7, 11) is 1.64. The van der Waals surface area contributed by atoms with Gasteiger partial charge in [0.15, 0.2) is 0 Å². The van der Waals surface area contributed by atoms with E-state index in [1.807, 2.05) is 24.3 Å². The summed E-state index contributed by atoms with van der Waals surface area (Å²) >= 11 is 0. The molecule has 1 fully saturated rings. The highest BCUT2D eigenvalue weighted by atomic mass is 16.6. The van der Waals surface area contributed by atoms with Crippen molar-refractivity contribution < 1.29 is 14.2 Å². The SMILES string of the molecule is COc1ccc(C(NN)C2COCCO2)cc1. The predicted molar refractivity (Wildman–Crippen MR) is 63.6 cm³/mol. The molecule has 0 aliphatic carbocycles. The second-order valence-corrected chi connectivity index (χ2v) is 3.90. The molecule has 3 N–H and O–H groups in total. The molecule has 0 saturated carbocycles. The summed E-state index contributed by atoms with van der Waals surface area (Å²) < 4.78 is 16.1. The average molecular weight is 238 g/mol. The molecule has 1 aliphatic heterocycles. The zero-order valence-corrected chi connectivity index (χ0v) is 9.89. The van der Waals surface area contributed by atoms with Crippen LogP contribution < -0.4 is 16.0 Å². The van der Waals surface area contributed by atoms with Crippen LogP contribution in [0.1, 0.15) is 11.6 Å². The molecule has 2 unspecified atom stereocenters. The van der Waals surface area contributed by atoms with Crippen molar-refractivity contribution in [1.29, 1.82) is 0 Å². The summed E-state index contributed by atoms with van der Waals surface area (Å²) in [5, 5.41) is 0. The highest BCUT2D eigenvalue weighted by Crippen LogP contribution is 2.23. The molecule has 1 saturated heterocycles. The molecule has 2 atom stereocenters. The number of nitrogens with two attached hydrogens (primary N) is 1. The molecular weight excluding hydrogens is 220 g/mol. The third kappa shape index (κ3) is 2.95. The monoisotopic (exact) mass is 238 g/mol. The Bertz CT molecular complexity index is 336. The van der Waals surface area contributed by atoms with E-state index in [2.05, 4.69) is 5.43 Å². The third-order valence-electron chi connectivity index (χ3n) is 2.87. The molecule has 0 aromatic heterocycles. The molecule has 1 aromatic carbocycles. The number of nitrogens with one attached hydrogen (secondary N) is 1. The number of ether oxygens (including phenoxy) is 3. The topological polar surface area (TPSA) is 65.7 Å². The van der Waals surface area contributed by atoms with Crippen molar-refractivity contribution >= 4 is 0 Å². The minimum atomic E-state index is -0.0683. The Hall–Kier alpha value is -1.14. The van der Waals surface area contributed by atoms with E-state index in [1.165, 1.54) is 0 Å². The first-order valence-corrected chi connectivity index (χ1v) is 5.64. The molecule has 0 amide bonds. The van der Waals surface area contributed by atoms with Crippen LogP contribution in [0.2, 0.25) is 0 Å². The van der Waals surface area contributed by atoms with Gasteiger partial charge in [0.25, 0.3) is 0 Å². The zero-order chi connectivity index (χ0) is 12.1. The van der Waals surface area contributed by atoms with Crippen molar-refractivity contribution in [3.05, 3.63) is 29.8 Å². The normalized spacial score (nSPS) is 22.1. The number of hydrogen-bond donors (Lipinski definition) is 2. The van der Waals surface area contributed by atoms with E-state index in [1.54, 1.807) is 7.11 Å². The lowest BCUT2D eigenvalue weighted by Crippen LogP contribution is -2.43. The van der Waals surface area contributed by atoms with Gasteiger partial charge in [0.05, 0.1) is 33.0 Å². The van der Waals surface area contributed by atoms with Crippen LogP contribution in [0, 0.1) is 0 Å². The first kappa shape index (κ1) is 12.3. The van der Waals surface area contributed by atoms with E-state index < -0.39 is 0 Å². The second kappa shape index (κ2) is 5.97. The second-order valence-electron chi connectivity index (χ2n) is 3.90. The first-order chi connectivity index (χ1) is 8.35. The van der Waals surface area contributed by atoms with Gasteiger partial charge in [-0.05, 0) is 17.7 Å². The van der Waals surface area contributed by atoms with Crippen LogP contribution >= 0.6 is 0 Å². The van der Waals surface area contributed by atoms with Crippen molar-refractivity contribution in [2.45, 2.75) is 12.1 Å². The molecule has 1 aliphatic rings. The van der Waals surface area contributed by atoms with Gasteiger partial charge in [-0.3, -0.25) is 11.3 Å². The molecule has 2 rings (SSSR count). The Labute approximate surface area is 101 Å². The first-order valence-electron chi connectivity index (χ1n) is 5.64. The molecule has 1 heterocycles. The van der Waals surface area contributed by atoms with Crippen LogP contribution in [0.3, 0.4) is 0 Å². The van der Waals surface area contributed by atoms with Crippen LogP contribution in [0.15, 0.2) is 24.3 Å². The van der Waals surface area contributed by atoms with Crippen LogP contribution in [-0.2, 0) is 9.47 Å². The fourth-order valence-corrected chi connectivity index (χ4v) is 1.93.